The molecule has 0 unspecified atom stereocenters. The molecule has 0 aromatic heterocycles. The minimum Gasteiger partial charge on any atom is -0.274 e. The molecule has 2 rings (SSSR count). The Morgan fingerprint density at radius 2 is 1.33 bits per heavy atom. The molecule has 0 bridgehead atoms. The highest BCUT2D eigenvalue weighted by Gasteiger charge is 2.14. The zero-order valence-corrected chi connectivity index (χ0v) is 12.9. The van der Waals surface area contributed by atoms with Crippen molar-refractivity contribution in [2.75, 3.05) is 4.90 Å². The molecule has 3 nitrogen and oxygen atoms in total. The highest BCUT2D eigenvalue weighted by molar-refractivity contribution is 6.15. The lowest BCUT2D eigenvalue weighted by Crippen LogP contribution is -2.33. The first-order valence-electron chi connectivity index (χ1n) is 6.96. The van der Waals surface area contributed by atoms with E-state index in [1.165, 1.54) is 5.56 Å². The second-order valence-corrected chi connectivity index (χ2v) is 5.18. The van der Waals surface area contributed by atoms with Gasteiger partial charge in [-0.1, -0.05) is 35.4 Å². The third kappa shape index (κ3) is 3.78. The molecular formula is C18H20N2O. The quantitative estimate of drug-likeness (QED) is 0.592. The van der Waals surface area contributed by atoms with Crippen LogP contribution in [0.1, 0.15) is 25.0 Å². The second-order valence-electron chi connectivity index (χ2n) is 5.18. The van der Waals surface area contributed by atoms with Gasteiger partial charge in [-0.2, -0.15) is 0 Å². The van der Waals surface area contributed by atoms with E-state index in [1.807, 2.05) is 69.3 Å². The average Bonchev–Trinajstić information content (AvgIpc) is 2.43. The number of aryl methyl sites for hydroxylation is 2. The lowest BCUT2D eigenvalue weighted by atomic mass is 10.2. The van der Waals surface area contributed by atoms with Crippen LogP contribution in [0.4, 0.5) is 11.4 Å². The Bertz CT molecular complexity index is 655. The normalized spacial score (nSPS) is 11.3. The summed E-state index contributed by atoms with van der Waals surface area (Å²) in [5.74, 6) is 0.613. The molecule has 0 radical (unpaired) electrons. The van der Waals surface area contributed by atoms with Crippen molar-refractivity contribution in [2.24, 2.45) is 4.99 Å². The molecule has 0 saturated carbocycles. The van der Waals surface area contributed by atoms with E-state index in [-0.39, 0.29) is 5.91 Å². The monoisotopic (exact) mass is 280 g/mol. The number of carbonyl (C=O) groups excluding carboxylic acids is 1. The number of aliphatic imine (C=N–C) groups is 1. The van der Waals surface area contributed by atoms with Crippen LogP contribution in [0.2, 0.25) is 0 Å². The van der Waals surface area contributed by atoms with Gasteiger partial charge in [0.05, 0.1) is 11.4 Å². The maximum absolute atomic E-state index is 12.0. The van der Waals surface area contributed by atoms with Gasteiger partial charge in [-0.25, -0.2) is 4.99 Å². The van der Waals surface area contributed by atoms with Crippen molar-refractivity contribution in [2.45, 2.75) is 27.7 Å². The van der Waals surface area contributed by atoms with Crippen LogP contribution in [0.3, 0.4) is 0 Å². The highest BCUT2D eigenvalue weighted by atomic mass is 16.2. The standard InChI is InChI=1S/C18H20N2O/c1-13-5-9-17(10-6-13)19-15(3)20(16(4)21)18-11-7-14(2)8-12-18/h5-12H,1-4H3. The number of hydrogen-bond acceptors (Lipinski definition) is 2. The van der Waals surface area contributed by atoms with Crippen LogP contribution in [0.25, 0.3) is 0 Å². The molecule has 0 N–H and O–H groups in total. The van der Waals surface area contributed by atoms with E-state index < -0.39 is 0 Å². The third-order valence-electron chi connectivity index (χ3n) is 3.26. The Kier molecular flexibility index (Phi) is 4.53. The minimum atomic E-state index is -0.0489. The number of nitrogens with zero attached hydrogens (tertiary/aromatic N) is 2. The molecule has 2 aromatic rings. The van der Waals surface area contributed by atoms with E-state index in [0.29, 0.717) is 5.84 Å². The largest absolute Gasteiger partial charge is 0.274 e. The lowest BCUT2D eigenvalue weighted by molar-refractivity contribution is -0.115. The van der Waals surface area contributed by atoms with Crippen molar-refractivity contribution in [1.29, 1.82) is 0 Å². The molecule has 21 heavy (non-hydrogen) atoms. The lowest BCUT2D eigenvalue weighted by Gasteiger charge is -2.21. The van der Waals surface area contributed by atoms with Crippen LogP contribution in [0.5, 0.6) is 0 Å². The van der Waals surface area contributed by atoms with Crippen molar-refractivity contribution in [3.63, 3.8) is 0 Å². The molecule has 0 fully saturated rings. The van der Waals surface area contributed by atoms with Gasteiger partial charge in [0, 0.05) is 6.92 Å². The molecular weight excluding hydrogens is 260 g/mol. The van der Waals surface area contributed by atoms with Crippen LogP contribution in [-0.2, 0) is 4.79 Å². The zero-order valence-electron chi connectivity index (χ0n) is 12.9. The summed E-state index contributed by atoms with van der Waals surface area (Å²) in [6.07, 6.45) is 0. The van der Waals surface area contributed by atoms with E-state index >= 15 is 0 Å². The van der Waals surface area contributed by atoms with Gasteiger partial charge in [0.15, 0.2) is 0 Å². The summed E-state index contributed by atoms with van der Waals surface area (Å²) in [6.45, 7) is 7.46. The summed E-state index contributed by atoms with van der Waals surface area (Å²) < 4.78 is 0. The average molecular weight is 280 g/mol. The predicted molar refractivity (Wildman–Crippen MR) is 88.3 cm³/mol. The summed E-state index contributed by atoms with van der Waals surface area (Å²) in [5, 5.41) is 0. The van der Waals surface area contributed by atoms with Crippen LogP contribution >= 0.6 is 0 Å². The fraction of sp³-hybridized carbons (Fsp3) is 0.222. The molecule has 0 aliphatic heterocycles. The molecule has 108 valence electrons. The van der Waals surface area contributed by atoms with Gasteiger partial charge >= 0.3 is 0 Å². The van der Waals surface area contributed by atoms with E-state index in [4.69, 9.17) is 0 Å². The van der Waals surface area contributed by atoms with Gasteiger partial charge < -0.3 is 0 Å². The van der Waals surface area contributed by atoms with Gasteiger partial charge in [-0.3, -0.25) is 9.69 Å². The summed E-state index contributed by atoms with van der Waals surface area (Å²) in [6, 6.07) is 15.8. The maximum Gasteiger partial charge on any atom is 0.229 e. The Hall–Kier alpha value is -2.42. The molecule has 1 amide bonds. The summed E-state index contributed by atoms with van der Waals surface area (Å²) >= 11 is 0. The van der Waals surface area contributed by atoms with Crippen LogP contribution in [0, 0.1) is 13.8 Å². The summed E-state index contributed by atoms with van der Waals surface area (Å²) in [7, 11) is 0. The van der Waals surface area contributed by atoms with E-state index in [2.05, 4.69) is 4.99 Å². The van der Waals surface area contributed by atoms with Crippen LogP contribution in [0.15, 0.2) is 53.5 Å². The van der Waals surface area contributed by atoms with Gasteiger partial charge in [-0.15, -0.1) is 0 Å². The van der Waals surface area contributed by atoms with Crippen molar-refractivity contribution in [3.05, 3.63) is 59.7 Å². The van der Waals surface area contributed by atoms with Gasteiger partial charge in [0.2, 0.25) is 5.91 Å². The number of anilines is 1. The third-order valence-corrected chi connectivity index (χ3v) is 3.26. The number of hydrogen-bond donors (Lipinski definition) is 0. The van der Waals surface area contributed by atoms with E-state index in [1.54, 1.807) is 11.8 Å². The Morgan fingerprint density at radius 1 is 0.857 bits per heavy atom. The van der Waals surface area contributed by atoms with E-state index in [0.717, 1.165) is 16.9 Å². The highest BCUT2D eigenvalue weighted by Crippen LogP contribution is 2.19. The fourth-order valence-electron chi connectivity index (χ4n) is 2.15. The van der Waals surface area contributed by atoms with Gasteiger partial charge in [0.1, 0.15) is 5.84 Å². The first kappa shape index (κ1) is 15.0. The van der Waals surface area contributed by atoms with Crippen LogP contribution < -0.4 is 4.90 Å². The number of benzene rings is 2. The zero-order chi connectivity index (χ0) is 15.4. The Balaban J connectivity index is 2.35. The molecule has 2 aromatic carbocycles. The number of carbonyl (C=O) groups is 1. The smallest absolute Gasteiger partial charge is 0.229 e. The molecule has 3 heteroatoms. The first-order valence-corrected chi connectivity index (χ1v) is 6.96. The van der Waals surface area contributed by atoms with Crippen LogP contribution in [-0.4, -0.2) is 11.7 Å². The fourth-order valence-corrected chi connectivity index (χ4v) is 2.15. The molecule has 0 spiro atoms. The van der Waals surface area contributed by atoms with Crippen molar-refractivity contribution in [1.82, 2.24) is 0 Å². The second kappa shape index (κ2) is 6.35. The number of amides is 1. The summed E-state index contributed by atoms with van der Waals surface area (Å²) in [4.78, 5) is 18.1. The number of rotatable bonds is 2. The Morgan fingerprint density at radius 3 is 1.81 bits per heavy atom. The van der Waals surface area contributed by atoms with Crippen molar-refractivity contribution >= 4 is 23.1 Å². The first-order chi connectivity index (χ1) is 9.97. The van der Waals surface area contributed by atoms with Crippen molar-refractivity contribution < 1.29 is 4.79 Å². The van der Waals surface area contributed by atoms with Crippen molar-refractivity contribution in [3.8, 4) is 0 Å². The molecule has 0 atom stereocenters. The van der Waals surface area contributed by atoms with E-state index in [9.17, 15) is 4.79 Å². The molecule has 0 heterocycles. The molecule has 0 aliphatic rings. The maximum atomic E-state index is 12.0. The van der Waals surface area contributed by atoms with Gasteiger partial charge in [-0.05, 0) is 45.0 Å². The molecule has 0 aliphatic carbocycles. The predicted octanol–water partition coefficient (Wildman–Crippen LogP) is 4.41. The molecule has 0 saturated heterocycles. The van der Waals surface area contributed by atoms with Gasteiger partial charge in [0.25, 0.3) is 0 Å². The SMILES string of the molecule is CC(=O)N(C(C)=Nc1ccc(C)cc1)c1ccc(C)cc1. The number of amidine groups is 1. The minimum absolute atomic E-state index is 0.0489. The topological polar surface area (TPSA) is 32.7 Å². The Labute approximate surface area is 125 Å². The summed E-state index contributed by atoms with van der Waals surface area (Å²) in [5.41, 5.74) is 4.03.